The van der Waals surface area contributed by atoms with Crippen molar-refractivity contribution in [3.8, 4) is 11.4 Å². The SMILES string of the molecule is COC(=O)c1c(NC(=O)COC(=O)c2ccc3nc(-c4cccnc4)[nH]c3c2)sc2c1CCCCCC2. The standard InChI is InChI=1S/C27H26N4O5S/c1-35-27(34)23-18-8-4-2-3-5-9-21(18)37-25(23)31-22(32)15-36-26(33)16-10-11-19-20(13-16)30-24(29-19)17-7-6-12-28-14-17/h6-7,10-14H,2-5,8-9,15H2,1H3,(H,29,30)(H,31,32). The molecule has 1 aromatic carbocycles. The Labute approximate surface area is 217 Å². The van der Waals surface area contributed by atoms with Gasteiger partial charge in [-0.05, 0) is 61.6 Å². The van der Waals surface area contributed by atoms with Gasteiger partial charge in [-0.15, -0.1) is 11.3 Å². The number of methoxy groups -OCH3 is 1. The van der Waals surface area contributed by atoms with E-state index < -0.39 is 24.5 Å². The number of aryl methyl sites for hydroxylation is 1. The van der Waals surface area contributed by atoms with Gasteiger partial charge in [-0.1, -0.05) is 12.8 Å². The molecular weight excluding hydrogens is 492 g/mol. The summed E-state index contributed by atoms with van der Waals surface area (Å²) in [5, 5.41) is 3.21. The zero-order valence-electron chi connectivity index (χ0n) is 20.3. The minimum atomic E-state index is -0.638. The number of rotatable bonds is 6. The van der Waals surface area contributed by atoms with Gasteiger partial charge >= 0.3 is 11.9 Å². The summed E-state index contributed by atoms with van der Waals surface area (Å²) in [6.07, 6.45) is 9.33. The minimum absolute atomic E-state index is 0.288. The van der Waals surface area contributed by atoms with Gasteiger partial charge in [0.05, 0.1) is 29.3 Å². The fourth-order valence-corrected chi connectivity index (χ4v) is 5.77. The Kier molecular flexibility index (Phi) is 7.27. The van der Waals surface area contributed by atoms with E-state index in [4.69, 9.17) is 9.47 Å². The number of aromatic nitrogens is 3. The first-order valence-corrected chi connectivity index (χ1v) is 12.9. The number of nitrogens with zero attached hydrogens (tertiary/aromatic N) is 2. The number of benzene rings is 1. The zero-order chi connectivity index (χ0) is 25.8. The van der Waals surface area contributed by atoms with Crippen molar-refractivity contribution in [1.29, 1.82) is 0 Å². The molecule has 4 aromatic rings. The summed E-state index contributed by atoms with van der Waals surface area (Å²) in [4.78, 5) is 50.8. The Hall–Kier alpha value is -4.05. The van der Waals surface area contributed by atoms with E-state index in [1.54, 1.807) is 30.6 Å². The number of thiophene rings is 1. The van der Waals surface area contributed by atoms with Crippen LogP contribution in [0.2, 0.25) is 0 Å². The van der Waals surface area contributed by atoms with E-state index in [0.717, 1.165) is 54.5 Å². The van der Waals surface area contributed by atoms with Gasteiger partial charge in [0.25, 0.3) is 5.91 Å². The Morgan fingerprint density at radius 1 is 1.08 bits per heavy atom. The number of fused-ring (bicyclic) bond motifs is 2. The van der Waals surface area contributed by atoms with Crippen LogP contribution in [0.25, 0.3) is 22.4 Å². The molecule has 190 valence electrons. The maximum atomic E-state index is 12.7. The van der Waals surface area contributed by atoms with Crippen molar-refractivity contribution >= 4 is 45.2 Å². The molecule has 0 saturated carbocycles. The van der Waals surface area contributed by atoms with E-state index in [9.17, 15) is 14.4 Å². The van der Waals surface area contributed by atoms with Crippen LogP contribution >= 0.6 is 11.3 Å². The first-order valence-electron chi connectivity index (χ1n) is 12.1. The van der Waals surface area contributed by atoms with Crippen molar-refractivity contribution in [2.75, 3.05) is 19.0 Å². The summed E-state index contributed by atoms with van der Waals surface area (Å²) in [6.45, 7) is -0.482. The fraction of sp³-hybridized carbons (Fsp3) is 0.296. The molecule has 9 nitrogen and oxygen atoms in total. The largest absolute Gasteiger partial charge is 0.465 e. The predicted molar refractivity (Wildman–Crippen MR) is 140 cm³/mol. The van der Waals surface area contributed by atoms with Crippen molar-refractivity contribution in [2.24, 2.45) is 0 Å². The third kappa shape index (κ3) is 5.39. The van der Waals surface area contributed by atoms with Crippen LogP contribution in [-0.4, -0.2) is 46.5 Å². The quantitative estimate of drug-likeness (QED) is 0.347. The van der Waals surface area contributed by atoms with Crippen molar-refractivity contribution < 1.29 is 23.9 Å². The lowest BCUT2D eigenvalue weighted by Gasteiger charge is -2.11. The lowest BCUT2D eigenvalue weighted by molar-refractivity contribution is -0.119. The summed E-state index contributed by atoms with van der Waals surface area (Å²) in [7, 11) is 1.33. The Morgan fingerprint density at radius 2 is 1.92 bits per heavy atom. The predicted octanol–water partition coefficient (Wildman–Crippen LogP) is 4.93. The third-order valence-electron chi connectivity index (χ3n) is 6.30. The second-order valence-electron chi connectivity index (χ2n) is 8.80. The minimum Gasteiger partial charge on any atom is -0.465 e. The van der Waals surface area contributed by atoms with Gasteiger partial charge in [0, 0.05) is 22.8 Å². The molecule has 1 aliphatic carbocycles. The molecule has 2 N–H and O–H groups in total. The van der Waals surface area contributed by atoms with Crippen LogP contribution < -0.4 is 5.32 Å². The number of pyridine rings is 1. The summed E-state index contributed by atoms with van der Waals surface area (Å²) in [5.74, 6) is -0.987. The van der Waals surface area contributed by atoms with Crippen molar-refractivity contribution in [3.05, 3.63) is 64.3 Å². The molecule has 0 radical (unpaired) electrons. The van der Waals surface area contributed by atoms with E-state index in [1.807, 2.05) is 12.1 Å². The number of carbonyl (C=O) groups is 3. The number of hydrogen-bond acceptors (Lipinski definition) is 8. The Bertz CT molecular complexity index is 1460. The van der Waals surface area contributed by atoms with Crippen LogP contribution in [0.4, 0.5) is 5.00 Å². The number of nitrogens with one attached hydrogen (secondary N) is 2. The van der Waals surface area contributed by atoms with Crippen molar-refractivity contribution in [1.82, 2.24) is 15.0 Å². The maximum absolute atomic E-state index is 12.7. The van der Waals surface area contributed by atoms with Gasteiger partial charge < -0.3 is 19.8 Å². The van der Waals surface area contributed by atoms with Crippen LogP contribution in [-0.2, 0) is 27.1 Å². The maximum Gasteiger partial charge on any atom is 0.341 e. The Balaban J connectivity index is 1.27. The van der Waals surface area contributed by atoms with Gasteiger partial charge in [-0.25, -0.2) is 14.6 Å². The topological polar surface area (TPSA) is 123 Å². The molecule has 3 heterocycles. The number of ether oxygens (including phenoxy) is 2. The summed E-state index contributed by atoms with van der Waals surface area (Å²) >= 11 is 1.40. The fourth-order valence-electron chi connectivity index (χ4n) is 4.48. The molecule has 37 heavy (non-hydrogen) atoms. The molecule has 0 fully saturated rings. The highest BCUT2D eigenvalue weighted by Gasteiger charge is 2.26. The van der Waals surface area contributed by atoms with E-state index in [1.165, 1.54) is 18.4 Å². The van der Waals surface area contributed by atoms with E-state index in [-0.39, 0.29) is 5.56 Å². The van der Waals surface area contributed by atoms with Gasteiger partial charge in [-0.2, -0.15) is 0 Å². The highest BCUT2D eigenvalue weighted by Crippen LogP contribution is 2.37. The summed E-state index contributed by atoms with van der Waals surface area (Å²) < 4.78 is 10.3. The van der Waals surface area contributed by atoms with Crippen molar-refractivity contribution in [2.45, 2.75) is 38.5 Å². The molecule has 0 aliphatic heterocycles. The smallest absolute Gasteiger partial charge is 0.341 e. The highest BCUT2D eigenvalue weighted by molar-refractivity contribution is 7.17. The van der Waals surface area contributed by atoms with E-state index >= 15 is 0 Å². The number of amides is 1. The second kappa shape index (κ2) is 10.9. The van der Waals surface area contributed by atoms with E-state index in [0.29, 0.717) is 27.4 Å². The molecule has 0 saturated heterocycles. The lowest BCUT2D eigenvalue weighted by atomic mass is 9.96. The average molecular weight is 519 g/mol. The molecule has 3 aromatic heterocycles. The van der Waals surface area contributed by atoms with Gasteiger partial charge in [0.1, 0.15) is 10.8 Å². The molecule has 0 atom stereocenters. The number of anilines is 1. The molecule has 5 rings (SSSR count). The van der Waals surface area contributed by atoms with Crippen LogP contribution in [0.3, 0.4) is 0 Å². The number of carbonyl (C=O) groups excluding carboxylic acids is 3. The number of aromatic amines is 1. The number of hydrogen-bond donors (Lipinski definition) is 2. The summed E-state index contributed by atoms with van der Waals surface area (Å²) in [6, 6.07) is 8.66. The van der Waals surface area contributed by atoms with Gasteiger partial charge in [-0.3, -0.25) is 9.78 Å². The monoisotopic (exact) mass is 518 g/mol. The van der Waals surface area contributed by atoms with Crippen LogP contribution in [0, 0.1) is 0 Å². The molecule has 0 bridgehead atoms. The molecule has 0 spiro atoms. The molecule has 10 heteroatoms. The average Bonchev–Trinajstić information content (AvgIpc) is 3.48. The molecule has 0 unspecified atom stereocenters. The van der Waals surface area contributed by atoms with Gasteiger partial charge in [0.15, 0.2) is 6.61 Å². The van der Waals surface area contributed by atoms with Gasteiger partial charge in [0.2, 0.25) is 0 Å². The van der Waals surface area contributed by atoms with Crippen molar-refractivity contribution in [3.63, 3.8) is 0 Å². The van der Waals surface area contributed by atoms with E-state index in [2.05, 4.69) is 20.3 Å². The second-order valence-corrected chi connectivity index (χ2v) is 9.90. The molecule has 1 amide bonds. The first-order chi connectivity index (χ1) is 18.0. The normalized spacial score (nSPS) is 13.3. The molecular formula is C27H26N4O5S. The Morgan fingerprint density at radius 3 is 2.70 bits per heavy atom. The number of H-pyrrole nitrogens is 1. The molecule has 1 aliphatic rings. The first kappa shape index (κ1) is 24.6. The highest BCUT2D eigenvalue weighted by atomic mass is 32.1. The van der Waals surface area contributed by atoms with Crippen LogP contribution in [0.1, 0.15) is 56.8 Å². The zero-order valence-corrected chi connectivity index (χ0v) is 21.2. The number of imidazole rings is 1. The number of esters is 2. The third-order valence-corrected chi connectivity index (χ3v) is 7.51. The summed E-state index contributed by atoms with van der Waals surface area (Å²) in [5.41, 5.74) is 3.84. The van der Waals surface area contributed by atoms with Crippen LogP contribution in [0.15, 0.2) is 42.7 Å². The lowest BCUT2D eigenvalue weighted by Crippen LogP contribution is -2.21. The van der Waals surface area contributed by atoms with Crippen LogP contribution in [0.5, 0.6) is 0 Å².